The van der Waals surface area contributed by atoms with Crippen molar-refractivity contribution in [3.05, 3.63) is 11.1 Å². The van der Waals surface area contributed by atoms with Crippen LogP contribution >= 0.6 is 0 Å². The number of hydrogen-bond acceptors (Lipinski definition) is 3. The van der Waals surface area contributed by atoms with E-state index >= 15 is 0 Å². The average molecular weight is 174 g/mol. The Morgan fingerprint density at radius 2 is 1.50 bits per heavy atom. The third-order valence-corrected chi connectivity index (χ3v) is 2.19. The number of aliphatic hydroxyl groups is 3. The molecule has 0 aromatic carbocycles. The van der Waals surface area contributed by atoms with Crippen LogP contribution in [0.15, 0.2) is 11.1 Å². The Balaban J connectivity index is 4.81. The summed E-state index contributed by atoms with van der Waals surface area (Å²) in [5.41, 5.74) is 0.976. The van der Waals surface area contributed by atoms with Gasteiger partial charge in [0.15, 0.2) is 0 Å². The lowest BCUT2D eigenvalue weighted by Gasteiger charge is -2.28. The monoisotopic (exact) mass is 174 g/mol. The molecule has 3 nitrogen and oxygen atoms in total. The Bertz CT molecular complexity index is 165. The predicted octanol–water partition coefficient (Wildman–Crippen LogP) is 0.306. The molecule has 12 heavy (non-hydrogen) atoms. The first-order chi connectivity index (χ1) is 5.51. The molecule has 0 aliphatic carbocycles. The highest BCUT2D eigenvalue weighted by atomic mass is 16.3. The SMILES string of the molecule is CC(C)=C(CO)C(C)(CO)CO. The van der Waals surface area contributed by atoms with E-state index in [1.54, 1.807) is 6.92 Å². The lowest BCUT2D eigenvalue weighted by Crippen LogP contribution is -2.30. The fraction of sp³-hybridized carbons (Fsp3) is 0.778. The van der Waals surface area contributed by atoms with Crippen LogP contribution in [-0.2, 0) is 0 Å². The van der Waals surface area contributed by atoms with E-state index in [1.807, 2.05) is 13.8 Å². The minimum atomic E-state index is -0.687. The van der Waals surface area contributed by atoms with Gasteiger partial charge in [-0.05, 0) is 19.4 Å². The zero-order valence-electron chi connectivity index (χ0n) is 7.96. The van der Waals surface area contributed by atoms with E-state index in [9.17, 15) is 0 Å². The van der Waals surface area contributed by atoms with Crippen molar-refractivity contribution < 1.29 is 15.3 Å². The second-order valence-corrected chi connectivity index (χ2v) is 3.51. The lowest BCUT2D eigenvalue weighted by atomic mass is 9.82. The van der Waals surface area contributed by atoms with Gasteiger partial charge in [-0.1, -0.05) is 12.5 Å². The molecular formula is C9H18O3. The van der Waals surface area contributed by atoms with Crippen LogP contribution < -0.4 is 0 Å². The van der Waals surface area contributed by atoms with Crippen molar-refractivity contribution in [2.24, 2.45) is 5.41 Å². The van der Waals surface area contributed by atoms with Gasteiger partial charge in [0.2, 0.25) is 0 Å². The second-order valence-electron chi connectivity index (χ2n) is 3.51. The van der Waals surface area contributed by atoms with Crippen LogP contribution in [0.5, 0.6) is 0 Å². The number of hydrogen-bond donors (Lipinski definition) is 3. The van der Waals surface area contributed by atoms with Gasteiger partial charge in [-0.2, -0.15) is 0 Å². The van der Waals surface area contributed by atoms with Gasteiger partial charge in [-0.15, -0.1) is 0 Å². The summed E-state index contributed by atoms with van der Waals surface area (Å²) in [5.74, 6) is 0. The van der Waals surface area contributed by atoms with Gasteiger partial charge in [0.25, 0.3) is 0 Å². The molecule has 0 aliphatic rings. The molecule has 0 radical (unpaired) electrons. The molecule has 0 unspecified atom stereocenters. The maximum absolute atomic E-state index is 9.03. The average Bonchev–Trinajstić information content (AvgIpc) is 2.04. The van der Waals surface area contributed by atoms with Gasteiger partial charge < -0.3 is 15.3 Å². The molecule has 0 bridgehead atoms. The van der Waals surface area contributed by atoms with Gasteiger partial charge >= 0.3 is 0 Å². The van der Waals surface area contributed by atoms with E-state index in [2.05, 4.69) is 0 Å². The fourth-order valence-corrected chi connectivity index (χ4v) is 1.19. The Hall–Kier alpha value is -0.380. The maximum Gasteiger partial charge on any atom is 0.0651 e. The zero-order valence-corrected chi connectivity index (χ0v) is 7.96. The summed E-state index contributed by atoms with van der Waals surface area (Å²) in [5, 5.41) is 27.1. The molecule has 0 fully saturated rings. The molecule has 0 spiro atoms. The van der Waals surface area contributed by atoms with Crippen LogP contribution in [0.3, 0.4) is 0 Å². The van der Waals surface area contributed by atoms with Crippen molar-refractivity contribution >= 4 is 0 Å². The molecule has 0 heterocycles. The Morgan fingerprint density at radius 1 is 1.08 bits per heavy atom. The van der Waals surface area contributed by atoms with Crippen molar-refractivity contribution in [1.29, 1.82) is 0 Å². The quantitative estimate of drug-likeness (QED) is 0.537. The standard InChI is InChI=1S/C9H18O3/c1-7(2)8(4-10)9(3,5-11)6-12/h10-12H,4-6H2,1-3H3. The number of allylic oxidation sites excluding steroid dienone is 1. The minimum absolute atomic E-state index is 0.111. The Morgan fingerprint density at radius 3 is 1.58 bits per heavy atom. The lowest BCUT2D eigenvalue weighted by molar-refractivity contribution is 0.0876. The van der Waals surface area contributed by atoms with Crippen molar-refractivity contribution in [1.82, 2.24) is 0 Å². The van der Waals surface area contributed by atoms with Crippen LogP contribution in [0.4, 0.5) is 0 Å². The van der Waals surface area contributed by atoms with Crippen LogP contribution in [0, 0.1) is 5.41 Å². The molecule has 0 atom stereocenters. The van der Waals surface area contributed by atoms with E-state index in [4.69, 9.17) is 15.3 Å². The van der Waals surface area contributed by atoms with E-state index in [1.165, 1.54) is 0 Å². The van der Waals surface area contributed by atoms with Crippen LogP contribution in [0.1, 0.15) is 20.8 Å². The fourth-order valence-electron chi connectivity index (χ4n) is 1.19. The number of aliphatic hydroxyl groups excluding tert-OH is 3. The van der Waals surface area contributed by atoms with Crippen molar-refractivity contribution in [3.8, 4) is 0 Å². The summed E-state index contributed by atoms with van der Waals surface area (Å²) in [6, 6.07) is 0. The van der Waals surface area contributed by atoms with Gasteiger partial charge in [0, 0.05) is 5.41 Å². The van der Waals surface area contributed by atoms with Gasteiger partial charge in [0.1, 0.15) is 0 Å². The summed E-state index contributed by atoms with van der Waals surface area (Å²) in [4.78, 5) is 0. The van der Waals surface area contributed by atoms with Gasteiger partial charge in [-0.3, -0.25) is 0 Å². The first-order valence-electron chi connectivity index (χ1n) is 4.01. The normalized spacial score (nSPS) is 11.5. The topological polar surface area (TPSA) is 60.7 Å². The molecular weight excluding hydrogens is 156 g/mol. The summed E-state index contributed by atoms with van der Waals surface area (Å²) in [7, 11) is 0. The Labute approximate surface area is 73.4 Å². The predicted molar refractivity (Wildman–Crippen MR) is 47.7 cm³/mol. The largest absolute Gasteiger partial charge is 0.395 e. The highest BCUT2D eigenvalue weighted by Crippen LogP contribution is 2.27. The summed E-state index contributed by atoms with van der Waals surface area (Å²) in [6.45, 7) is 5.03. The van der Waals surface area contributed by atoms with Crippen molar-refractivity contribution in [2.45, 2.75) is 20.8 Å². The molecule has 0 saturated carbocycles. The third-order valence-electron chi connectivity index (χ3n) is 2.19. The molecule has 0 aliphatic heterocycles. The molecule has 3 N–H and O–H groups in total. The zero-order chi connectivity index (χ0) is 9.78. The summed E-state index contributed by atoms with van der Waals surface area (Å²) in [6.07, 6.45) is 0. The number of rotatable bonds is 4. The second kappa shape index (κ2) is 4.60. The summed E-state index contributed by atoms with van der Waals surface area (Å²) >= 11 is 0. The minimum Gasteiger partial charge on any atom is -0.395 e. The highest BCUT2D eigenvalue weighted by molar-refractivity contribution is 5.19. The molecule has 0 amide bonds. The third kappa shape index (κ3) is 2.30. The van der Waals surface area contributed by atoms with Gasteiger partial charge in [0.05, 0.1) is 19.8 Å². The first kappa shape index (κ1) is 11.6. The Kier molecular flexibility index (Phi) is 4.45. The molecule has 0 aromatic heterocycles. The maximum atomic E-state index is 9.03. The van der Waals surface area contributed by atoms with E-state index in [-0.39, 0.29) is 19.8 Å². The van der Waals surface area contributed by atoms with E-state index in [0.29, 0.717) is 5.57 Å². The molecule has 3 heteroatoms. The van der Waals surface area contributed by atoms with Crippen molar-refractivity contribution in [3.63, 3.8) is 0 Å². The van der Waals surface area contributed by atoms with Crippen LogP contribution in [0.25, 0.3) is 0 Å². The molecule has 0 rings (SSSR count). The smallest absolute Gasteiger partial charge is 0.0651 e. The van der Waals surface area contributed by atoms with Gasteiger partial charge in [-0.25, -0.2) is 0 Å². The van der Waals surface area contributed by atoms with Crippen LogP contribution in [0.2, 0.25) is 0 Å². The molecule has 0 aromatic rings. The highest BCUT2D eigenvalue weighted by Gasteiger charge is 2.27. The molecule has 72 valence electrons. The van der Waals surface area contributed by atoms with E-state index < -0.39 is 5.41 Å². The van der Waals surface area contributed by atoms with Crippen molar-refractivity contribution in [2.75, 3.05) is 19.8 Å². The van der Waals surface area contributed by atoms with E-state index in [0.717, 1.165) is 5.57 Å². The summed E-state index contributed by atoms with van der Waals surface area (Å²) < 4.78 is 0. The first-order valence-corrected chi connectivity index (χ1v) is 4.01. The van der Waals surface area contributed by atoms with Crippen LogP contribution in [-0.4, -0.2) is 35.1 Å². The molecule has 0 saturated heterocycles.